The maximum atomic E-state index is 12.2. The number of carboxylic acid groups (broad SMARTS) is 1. The average Bonchev–Trinajstić information content (AvgIpc) is 2.60. The van der Waals surface area contributed by atoms with Gasteiger partial charge in [0.15, 0.2) is 0 Å². The summed E-state index contributed by atoms with van der Waals surface area (Å²) in [5.41, 5.74) is 0.685. The van der Waals surface area contributed by atoms with E-state index in [9.17, 15) is 18.0 Å². The normalized spacial score (nSPS) is 18.7. The molecule has 7 nitrogen and oxygen atoms in total. The van der Waals surface area contributed by atoms with Crippen LogP contribution in [0.25, 0.3) is 6.08 Å². The molecule has 1 aromatic rings. The van der Waals surface area contributed by atoms with E-state index >= 15 is 0 Å². The molecule has 0 spiro atoms. The summed E-state index contributed by atoms with van der Waals surface area (Å²) in [5, 5.41) is 9.05. The van der Waals surface area contributed by atoms with Gasteiger partial charge in [0.05, 0.1) is 10.8 Å². The Bertz CT molecular complexity index is 740. The maximum absolute atomic E-state index is 12.2. The Kier molecular flexibility index (Phi) is 5.74. The number of likely N-dealkylation sites (tertiary alicyclic amines) is 1. The van der Waals surface area contributed by atoms with Crippen LogP contribution in [0.2, 0.25) is 0 Å². The molecule has 1 aromatic carbocycles. The molecule has 1 aliphatic heterocycles. The number of hydrogen-bond acceptors (Lipinski definition) is 4. The van der Waals surface area contributed by atoms with Gasteiger partial charge in [0.2, 0.25) is 15.9 Å². The Balaban J connectivity index is 2.02. The van der Waals surface area contributed by atoms with Crippen molar-refractivity contribution in [1.82, 2.24) is 9.62 Å². The number of nitrogens with one attached hydrogen (secondary N) is 1. The summed E-state index contributed by atoms with van der Waals surface area (Å²) in [6.45, 7) is 0.768. The van der Waals surface area contributed by atoms with Crippen LogP contribution in [-0.4, -0.2) is 50.4 Å². The number of carboxylic acids is 1. The van der Waals surface area contributed by atoms with E-state index in [1.54, 1.807) is 18.2 Å². The van der Waals surface area contributed by atoms with Crippen LogP contribution in [-0.2, 0) is 19.6 Å². The van der Waals surface area contributed by atoms with Crippen LogP contribution in [0.15, 0.2) is 35.2 Å². The standard InChI is InChI=1S/C16H20N2O5S/c1-17-24(22,23)14-7-4-12(5-8-14)6-9-15(19)18-10-2-3-13(11-18)16(20)21/h4-9,13,17H,2-3,10-11H2,1H3,(H,20,21)/b9-6+. The van der Waals surface area contributed by atoms with Crippen LogP contribution in [0.5, 0.6) is 0 Å². The molecule has 1 aliphatic rings. The van der Waals surface area contributed by atoms with Gasteiger partial charge in [-0.2, -0.15) is 0 Å². The van der Waals surface area contributed by atoms with E-state index in [1.807, 2.05) is 0 Å². The summed E-state index contributed by atoms with van der Waals surface area (Å²) in [6, 6.07) is 6.11. The molecule has 1 atom stereocenters. The van der Waals surface area contributed by atoms with Gasteiger partial charge >= 0.3 is 5.97 Å². The molecular formula is C16H20N2O5S. The number of carbonyl (C=O) groups excluding carboxylic acids is 1. The lowest BCUT2D eigenvalue weighted by atomic mass is 9.98. The minimum atomic E-state index is -3.48. The molecule has 1 heterocycles. The molecule has 2 rings (SSSR count). The lowest BCUT2D eigenvalue weighted by Gasteiger charge is -2.29. The summed E-state index contributed by atoms with van der Waals surface area (Å²) in [4.78, 5) is 24.9. The zero-order valence-corrected chi connectivity index (χ0v) is 14.1. The lowest BCUT2D eigenvalue weighted by molar-refractivity contribution is -0.144. The molecule has 24 heavy (non-hydrogen) atoms. The highest BCUT2D eigenvalue weighted by atomic mass is 32.2. The molecule has 130 valence electrons. The van der Waals surface area contributed by atoms with Gasteiger partial charge in [-0.3, -0.25) is 9.59 Å². The number of sulfonamides is 1. The molecule has 0 aromatic heterocycles. The van der Waals surface area contributed by atoms with Crippen molar-refractivity contribution in [2.75, 3.05) is 20.1 Å². The fourth-order valence-electron chi connectivity index (χ4n) is 2.53. The van der Waals surface area contributed by atoms with E-state index in [1.165, 1.54) is 30.2 Å². The first-order valence-electron chi connectivity index (χ1n) is 7.57. The van der Waals surface area contributed by atoms with Crippen LogP contribution in [0, 0.1) is 5.92 Å². The Morgan fingerprint density at radius 1 is 1.29 bits per heavy atom. The topological polar surface area (TPSA) is 104 Å². The smallest absolute Gasteiger partial charge is 0.308 e. The Labute approximate surface area is 141 Å². The largest absolute Gasteiger partial charge is 0.481 e. The highest BCUT2D eigenvalue weighted by Gasteiger charge is 2.27. The Hall–Kier alpha value is -2.19. The average molecular weight is 352 g/mol. The predicted octanol–water partition coefficient (Wildman–Crippen LogP) is 0.931. The third-order valence-corrected chi connectivity index (χ3v) is 5.39. The van der Waals surface area contributed by atoms with Gasteiger partial charge in [-0.25, -0.2) is 13.1 Å². The molecule has 0 saturated carbocycles. The zero-order chi connectivity index (χ0) is 17.7. The van der Waals surface area contributed by atoms with Crippen LogP contribution >= 0.6 is 0 Å². The van der Waals surface area contributed by atoms with Gasteiger partial charge in [-0.05, 0) is 43.7 Å². The molecule has 8 heteroatoms. The number of amides is 1. The zero-order valence-electron chi connectivity index (χ0n) is 13.3. The monoisotopic (exact) mass is 352 g/mol. The molecular weight excluding hydrogens is 332 g/mol. The van der Waals surface area contributed by atoms with Crippen LogP contribution < -0.4 is 4.72 Å². The quantitative estimate of drug-likeness (QED) is 0.767. The van der Waals surface area contributed by atoms with Crippen molar-refractivity contribution in [3.63, 3.8) is 0 Å². The molecule has 0 aliphatic carbocycles. The number of aliphatic carboxylic acids is 1. The summed E-state index contributed by atoms with van der Waals surface area (Å²) < 4.78 is 25.5. The second-order valence-electron chi connectivity index (χ2n) is 5.57. The van der Waals surface area contributed by atoms with E-state index in [0.717, 1.165) is 0 Å². The maximum Gasteiger partial charge on any atom is 0.308 e. The second-order valence-corrected chi connectivity index (χ2v) is 7.46. The molecule has 0 bridgehead atoms. The van der Waals surface area contributed by atoms with Gasteiger partial charge in [0, 0.05) is 19.2 Å². The van der Waals surface area contributed by atoms with Gasteiger partial charge in [0.25, 0.3) is 0 Å². The first-order valence-corrected chi connectivity index (χ1v) is 9.05. The number of piperidine rings is 1. The minimum Gasteiger partial charge on any atom is -0.481 e. The predicted molar refractivity (Wildman–Crippen MR) is 88.7 cm³/mol. The van der Waals surface area contributed by atoms with Crippen molar-refractivity contribution in [3.05, 3.63) is 35.9 Å². The molecule has 1 fully saturated rings. The summed E-state index contributed by atoms with van der Waals surface area (Å²) >= 11 is 0. The van der Waals surface area contributed by atoms with E-state index in [4.69, 9.17) is 5.11 Å². The highest BCUT2D eigenvalue weighted by Crippen LogP contribution is 2.17. The van der Waals surface area contributed by atoms with Gasteiger partial charge in [-0.1, -0.05) is 12.1 Å². The van der Waals surface area contributed by atoms with Gasteiger partial charge in [0.1, 0.15) is 0 Å². The first kappa shape index (κ1) is 18.2. The summed E-state index contributed by atoms with van der Waals surface area (Å²) in [5.74, 6) is -1.63. The molecule has 0 radical (unpaired) electrons. The number of benzene rings is 1. The molecule has 1 amide bonds. The summed E-state index contributed by atoms with van der Waals surface area (Å²) in [6.07, 6.45) is 4.23. The highest BCUT2D eigenvalue weighted by molar-refractivity contribution is 7.89. The van der Waals surface area contributed by atoms with E-state index in [-0.39, 0.29) is 17.3 Å². The fraction of sp³-hybridized carbons (Fsp3) is 0.375. The fourth-order valence-corrected chi connectivity index (χ4v) is 3.26. The number of carbonyl (C=O) groups is 2. The number of rotatable bonds is 5. The van der Waals surface area contributed by atoms with Crippen molar-refractivity contribution < 1.29 is 23.1 Å². The SMILES string of the molecule is CNS(=O)(=O)c1ccc(/C=C/C(=O)N2CCCC(C(=O)O)C2)cc1. The Morgan fingerprint density at radius 3 is 2.54 bits per heavy atom. The van der Waals surface area contributed by atoms with Crippen molar-refractivity contribution in [2.45, 2.75) is 17.7 Å². The van der Waals surface area contributed by atoms with E-state index in [0.29, 0.717) is 24.9 Å². The minimum absolute atomic E-state index is 0.147. The first-order chi connectivity index (χ1) is 11.3. The second kappa shape index (κ2) is 7.59. The number of nitrogens with zero attached hydrogens (tertiary/aromatic N) is 1. The van der Waals surface area contributed by atoms with Gasteiger partial charge < -0.3 is 10.0 Å². The van der Waals surface area contributed by atoms with E-state index in [2.05, 4.69) is 4.72 Å². The van der Waals surface area contributed by atoms with Crippen molar-refractivity contribution >= 4 is 28.0 Å². The number of hydrogen-bond donors (Lipinski definition) is 2. The third-order valence-electron chi connectivity index (χ3n) is 3.96. The molecule has 1 unspecified atom stereocenters. The van der Waals surface area contributed by atoms with Crippen LogP contribution in [0.3, 0.4) is 0 Å². The molecule has 2 N–H and O–H groups in total. The van der Waals surface area contributed by atoms with Crippen LogP contribution in [0.4, 0.5) is 0 Å². The van der Waals surface area contributed by atoms with Gasteiger partial charge in [-0.15, -0.1) is 0 Å². The van der Waals surface area contributed by atoms with Crippen molar-refractivity contribution in [1.29, 1.82) is 0 Å². The molecule has 1 saturated heterocycles. The van der Waals surface area contributed by atoms with Crippen LogP contribution in [0.1, 0.15) is 18.4 Å². The van der Waals surface area contributed by atoms with E-state index < -0.39 is 21.9 Å². The Morgan fingerprint density at radius 2 is 1.96 bits per heavy atom. The van der Waals surface area contributed by atoms with Crippen molar-refractivity contribution in [3.8, 4) is 0 Å². The van der Waals surface area contributed by atoms with Crippen molar-refractivity contribution in [2.24, 2.45) is 5.92 Å². The summed E-state index contributed by atoms with van der Waals surface area (Å²) in [7, 11) is -2.14. The third kappa shape index (κ3) is 4.42. The lowest BCUT2D eigenvalue weighted by Crippen LogP contribution is -2.41.